The Morgan fingerprint density at radius 3 is 2.15 bits per heavy atom. The molecule has 2 N–H and O–H groups in total. The van der Waals surface area contributed by atoms with Crippen LogP contribution in [0.4, 0.5) is 0 Å². The van der Waals surface area contributed by atoms with Gasteiger partial charge in [0.15, 0.2) is 0 Å². The van der Waals surface area contributed by atoms with E-state index in [0.717, 1.165) is 25.7 Å². The summed E-state index contributed by atoms with van der Waals surface area (Å²) in [7, 11) is 0. The molecule has 0 aromatic heterocycles. The fourth-order valence-electron chi connectivity index (χ4n) is 4.46. The molecule has 0 saturated heterocycles. The van der Waals surface area contributed by atoms with E-state index >= 15 is 0 Å². The highest BCUT2D eigenvalue weighted by molar-refractivity contribution is 5.83. The molecule has 2 atom stereocenters. The Balaban J connectivity index is 1.57. The number of hydrogen-bond acceptors (Lipinski definition) is 2. The average molecular weight is 279 g/mol. The zero-order valence-corrected chi connectivity index (χ0v) is 12.1. The van der Waals surface area contributed by atoms with Crippen molar-refractivity contribution in [3.05, 3.63) is 0 Å². The zero-order chi connectivity index (χ0) is 14.2. The molecule has 112 valence electrons. The SMILES string of the molecule is O=C(NCC1(C(=O)O)CCCCCC1)C1C2CCCC21. The number of fused-ring (bicyclic) bond motifs is 1. The third-order valence-electron chi connectivity index (χ3n) is 5.82. The Morgan fingerprint density at radius 2 is 1.60 bits per heavy atom. The number of hydrogen-bond donors (Lipinski definition) is 2. The minimum atomic E-state index is -0.726. The van der Waals surface area contributed by atoms with Crippen molar-refractivity contribution in [1.29, 1.82) is 0 Å². The Bertz CT molecular complexity index is 389. The van der Waals surface area contributed by atoms with Crippen LogP contribution in [-0.4, -0.2) is 23.5 Å². The van der Waals surface area contributed by atoms with Crippen molar-refractivity contribution in [2.24, 2.45) is 23.2 Å². The van der Waals surface area contributed by atoms with Crippen LogP contribution in [0.15, 0.2) is 0 Å². The van der Waals surface area contributed by atoms with E-state index in [-0.39, 0.29) is 11.8 Å². The molecular weight excluding hydrogens is 254 g/mol. The first-order chi connectivity index (χ1) is 9.64. The highest BCUT2D eigenvalue weighted by Gasteiger charge is 2.56. The molecule has 3 fully saturated rings. The average Bonchev–Trinajstić information content (AvgIpc) is 3.03. The van der Waals surface area contributed by atoms with Gasteiger partial charge in [0.05, 0.1) is 5.41 Å². The lowest BCUT2D eigenvalue weighted by molar-refractivity contribution is -0.149. The standard InChI is InChI=1S/C16H25NO3/c18-14(13-11-6-5-7-12(11)13)17-10-16(15(19)20)8-3-1-2-4-9-16/h11-13H,1-10H2,(H,17,18)(H,19,20). The van der Waals surface area contributed by atoms with Gasteiger partial charge in [0.2, 0.25) is 5.91 Å². The predicted octanol–water partition coefficient (Wildman–Crippen LogP) is 2.57. The van der Waals surface area contributed by atoms with Gasteiger partial charge in [-0.3, -0.25) is 9.59 Å². The minimum absolute atomic E-state index is 0.115. The van der Waals surface area contributed by atoms with Crippen LogP contribution in [0.25, 0.3) is 0 Å². The molecular formula is C16H25NO3. The van der Waals surface area contributed by atoms with E-state index in [4.69, 9.17) is 0 Å². The lowest BCUT2D eigenvalue weighted by Gasteiger charge is -2.28. The van der Waals surface area contributed by atoms with Gasteiger partial charge >= 0.3 is 5.97 Å². The summed E-state index contributed by atoms with van der Waals surface area (Å²) in [5, 5.41) is 12.6. The van der Waals surface area contributed by atoms with Crippen molar-refractivity contribution in [3.8, 4) is 0 Å². The second-order valence-corrected chi connectivity index (χ2v) is 7.00. The number of amides is 1. The molecule has 0 bridgehead atoms. The molecule has 0 heterocycles. The summed E-state index contributed by atoms with van der Waals surface area (Å²) in [4.78, 5) is 23.9. The van der Waals surface area contributed by atoms with Crippen LogP contribution in [0.3, 0.4) is 0 Å². The van der Waals surface area contributed by atoms with E-state index in [1.165, 1.54) is 19.3 Å². The minimum Gasteiger partial charge on any atom is -0.481 e. The summed E-state index contributed by atoms with van der Waals surface area (Å²) in [6.45, 7) is 0.330. The fraction of sp³-hybridized carbons (Fsp3) is 0.875. The largest absolute Gasteiger partial charge is 0.481 e. The van der Waals surface area contributed by atoms with Gasteiger partial charge in [0.25, 0.3) is 0 Å². The maximum absolute atomic E-state index is 12.2. The molecule has 20 heavy (non-hydrogen) atoms. The summed E-state index contributed by atoms with van der Waals surface area (Å²) < 4.78 is 0. The molecule has 0 spiro atoms. The summed E-state index contributed by atoms with van der Waals surface area (Å²) in [5.74, 6) is 0.787. The molecule has 0 radical (unpaired) electrons. The van der Waals surface area contributed by atoms with Crippen LogP contribution in [-0.2, 0) is 9.59 Å². The van der Waals surface area contributed by atoms with Gasteiger partial charge in [0.1, 0.15) is 0 Å². The molecule has 2 unspecified atom stereocenters. The van der Waals surface area contributed by atoms with E-state index in [1.54, 1.807) is 0 Å². The van der Waals surface area contributed by atoms with Gasteiger partial charge in [0, 0.05) is 12.5 Å². The van der Waals surface area contributed by atoms with E-state index in [9.17, 15) is 14.7 Å². The predicted molar refractivity (Wildman–Crippen MR) is 75.1 cm³/mol. The number of carboxylic acids is 1. The van der Waals surface area contributed by atoms with E-state index in [0.29, 0.717) is 31.2 Å². The number of carbonyl (C=O) groups is 2. The van der Waals surface area contributed by atoms with Gasteiger partial charge in [-0.25, -0.2) is 0 Å². The summed E-state index contributed by atoms with van der Waals surface area (Å²) in [5.41, 5.74) is -0.712. The Labute approximate surface area is 120 Å². The summed E-state index contributed by atoms with van der Waals surface area (Å²) >= 11 is 0. The van der Waals surface area contributed by atoms with Gasteiger partial charge in [-0.2, -0.15) is 0 Å². The maximum Gasteiger partial charge on any atom is 0.311 e. The number of carbonyl (C=O) groups excluding carboxylic acids is 1. The first kappa shape index (κ1) is 13.9. The molecule has 4 nitrogen and oxygen atoms in total. The topological polar surface area (TPSA) is 66.4 Å². The second kappa shape index (κ2) is 5.38. The van der Waals surface area contributed by atoms with Crippen LogP contribution >= 0.6 is 0 Å². The molecule has 3 aliphatic rings. The van der Waals surface area contributed by atoms with Crippen molar-refractivity contribution < 1.29 is 14.7 Å². The van der Waals surface area contributed by atoms with Gasteiger partial charge in [-0.15, -0.1) is 0 Å². The molecule has 0 aromatic carbocycles. The van der Waals surface area contributed by atoms with Gasteiger partial charge < -0.3 is 10.4 Å². The molecule has 1 amide bonds. The number of nitrogens with one attached hydrogen (secondary N) is 1. The van der Waals surface area contributed by atoms with Gasteiger partial charge in [-0.1, -0.05) is 32.1 Å². The molecule has 0 aliphatic heterocycles. The molecule has 3 aliphatic carbocycles. The lowest BCUT2D eigenvalue weighted by atomic mass is 9.80. The molecule has 3 saturated carbocycles. The van der Waals surface area contributed by atoms with Crippen molar-refractivity contribution in [3.63, 3.8) is 0 Å². The Kier molecular flexibility index (Phi) is 3.74. The van der Waals surface area contributed by atoms with Crippen LogP contribution < -0.4 is 5.32 Å². The van der Waals surface area contributed by atoms with Crippen molar-refractivity contribution in [2.45, 2.75) is 57.8 Å². The van der Waals surface area contributed by atoms with E-state index in [1.807, 2.05) is 0 Å². The Hall–Kier alpha value is -1.06. The number of rotatable bonds is 4. The third kappa shape index (κ3) is 2.45. The molecule has 4 heteroatoms. The fourth-order valence-corrected chi connectivity index (χ4v) is 4.46. The van der Waals surface area contributed by atoms with E-state index < -0.39 is 11.4 Å². The molecule has 0 aromatic rings. The van der Waals surface area contributed by atoms with Crippen LogP contribution in [0.5, 0.6) is 0 Å². The quantitative estimate of drug-likeness (QED) is 0.777. The van der Waals surface area contributed by atoms with Crippen LogP contribution in [0.1, 0.15) is 57.8 Å². The maximum atomic E-state index is 12.2. The number of aliphatic carboxylic acids is 1. The summed E-state index contributed by atoms with van der Waals surface area (Å²) in [6, 6.07) is 0. The molecule has 3 rings (SSSR count). The zero-order valence-electron chi connectivity index (χ0n) is 12.1. The number of carboxylic acid groups (broad SMARTS) is 1. The lowest BCUT2D eigenvalue weighted by Crippen LogP contribution is -2.43. The first-order valence-corrected chi connectivity index (χ1v) is 8.15. The third-order valence-corrected chi connectivity index (χ3v) is 5.82. The highest BCUT2D eigenvalue weighted by Crippen LogP contribution is 2.57. The van der Waals surface area contributed by atoms with Crippen LogP contribution in [0, 0.1) is 23.2 Å². The van der Waals surface area contributed by atoms with Crippen molar-refractivity contribution in [1.82, 2.24) is 5.32 Å². The normalized spacial score (nSPS) is 34.9. The first-order valence-electron chi connectivity index (χ1n) is 8.15. The summed E-state index contributed by atoms with van der Waals surface area (Å²) in [6.07, 6.45) is 9.23. The smallest absolute Gasteiger partial charge is 0.311 e. The van der Waals surface area contributed by atoms with Gasteiger partial charge in [-0.05, 0) is 37.5 Å². The van der Waals surface area contributed by atoms with Crippen molar-refractivity contribution in [2.75, 3.05) is 6.54 Å². The van der Waals surface area contributed by atoms with E-state index in [2.05, 4.69) is 5.32 Å². The second-order valence-electron chi connectivity index (χ2n) is 7.00. The Morgan fingerprint density at radius 1 is 1.00 bits per heavy atom. The highest BCUT2D eigenvalue weighted by atomic mass is 16.4. The van der Waals surface area contributed by atoms with Crippen molar-refractivity contribution >= 4 is 11.9 Å². The van der Waals surface area contributed by atoms with Crippen LogP contribution in [0.2, 0.25) is 0 Å². The monoisotopic (exact) mass is 279 g/mol.